The van der Waals surface area contributed by atoms with E-state index >= 15 is 0 Å². The van der Waals surface area contributed by atoms with Crippen LogP contribution in [0.5, 0.6) is 5.75 Å². The van der Waals surface area contributed by atoms with Crippen LogP contribution in [0.2, 0.25) is 0 Å². The summed E-state index contributed by atoms with van der Waals surface area (Å²) in [6.45, 7) is 1.68. The standard InChI is InChI=1S/C23H17IN2O4/c1-14(29-18-11-9-16(24)10-12-18)21(27)25-17-6-4-5-15(13-17)22-26-20-8-3-2-7-19(20)23(28)30-22/h2-14H,1H3,(H,25,27). The molecule has 30 heavy (non-hydrogen) atoms. The minimum Gasteiger partial charge on any atom is -0.481 e. The van der Waals surface area contributed by atoms with Crippen LogP contribution in [0.4, 0.5) is 5.69 Å². The summed E-state index contributed by atoms with van der Waals surface area (Å²) >= 11 is 2.21. The van der Waals surface area contributed by atoms with Crippen molar-refractivity contribution in [1.29, 1.82) is 0 Å². The molecule has 150 valence electrons. The molecule has 0 fully saturated rings. The first kappa shape index (κ1) is 20.1. The number of carbonyl (C=O) groups excluding carboxylic acids is 1. The Balaban J connectivity index is 1.52. The first-order valence-electron chi connectivity index (χ1n) is 9.23. The number of fused-ring (bicyclic) bond motifs is 1. The predicted molar refractivity (Wildman–Crippen MR) is 124 cm³/mol. The van der Waals surface area contributed by atoms with Gasteiger partial charge in [0.2, 0.25) is 5.89 Å². The minimum absolute atomic E-state index is 0.193. The van der Waals surface area contributed by atoms with Crippen LogP contribution in [0.3, 0.4) is 0 Å². The first-order valence-corrected chi connectivity index (χ1v) is 10.3. The number of halogens is 1. The van der Waals surface area contributed by atoms with Gasteiger partial charge in [-0.3, -0.25) is 4.79 Å². The summed E-state index contributed by atoms with van der Waals surface area (Å²) in [5.74, 6) is 0.519. The molecule has 1 N–H and O–H groups in total. The van der Waals surface area contributed by atoms with Gasteiger partial charge in [-0.15, -0.1) is 0 Å². The molecular weight excluding hydrogens is 495 g/mol. The maximum absolute atomic E-state index is 12.5. The normalized spacial score (nSPS) is 11.8. The van der Waals surface area contributed by atoms with E-state index in [1.165, 1.54) is 0 Å². The second kappa shape index (κ2) is 8.66. The summed E-state index contributed by atoms with van der Waals surface area (Å²) in [4.78, 5) is 29.2. The van der Waals surface area contributed by atoms with E-state index in [1.807, 2.05) is 30.3 Å². The summed E-state index contributed by atoms with van der Waals surface area (Å²) in [6.07, 6.45) is -0.689. The van der Waals surface area contributed by atoms with Crippen LogP contribution in [0.15, 0.2) is 82.0 Å². The summed E-state index contributed by atoms with van der Waals surface area (Å²) in [5.41, 5.74) is 1.23. The van der Waals surface area contributed by atoms with Crippen LogP contribution < -0.4 is 15.7 Å². The Kier molecular flexibility index (Phi) is 5.80. The fourth-order valence-corrected chi connectivity index (χ4v) is 3.25. The van der Waals surface area contributed by atoms with Crippen LogP contribution in [-0.2, 0) is 4.79 Å². The van der Waals surface area contributed by atoms with E-state index in [-0.39, 0.29) is 11.8 Å². The van der Waals surface area contributed by atoms with Crippen molar-refractivity contribution in [3.8, 4) is 17.2 Å². The summed E-state index contributed by atoms with van der Waals surface area (Å²) < 4.78 is 12.1. The monoisotopic (exact) mass is 512 g/mol. The van der Waals surface area contributed by atoms with E-state index in [2.05, 4.69) is 32.9 Å². The van der Waals surface area contributed by atoms with Crippen molar-refractivity contribution in [1.82, 2.24) is 4.98 Å². The zero-order valence-corrected chi connectivity index (χ0v) is 18.1. The van der Waals surface area contributed by atoms with Crippen LogP contribution in [0.25, 0.3) is 22.4 Å². The molecule has 1 unspecified atom stereocenters. The number of anilines is 1. The zero-order chi connectivity index (χ0) is 21.1. The van der Waals surface area contributed by atoms with E-state index in [0.29, 0.717) is 27.9 Å². The van der Waals surface area contributed by atoms with Crippen LogP contribution >= 0.6 is 22.6 Å². The second-order valence-electron chi connectivity index (χ2n) is 6.61. The summed E-state index contributed by atoms with van der Waals surface area (Å²) in [6, 6.07) is 21.4. The molecule has 0 bridgehead atoms. The van der Waals surface area contributed by atoms with Gasteiger partial charge in [-0.1, -0.05) is 18.2 Å². The molecule has 6 nitrogen and oxygen atoms in total. The van der Waals surface area contributed by atoms with Crippen LogP contribution in [0, 0.1) is 3.57 Å². The molecule has 1 aromatic heterocycles. The van der Waals surface area contributed by atoms with Crippen molar-refractivity contribution in [3.05, 3.63) is 86.8 Å². The number of nitrogens with one attached hydrogen (secondary N) is 1. The number of ether oxygens (including phenoxy) is 1. The van der Waals surface area contributed by atoms with Gasteiger partial charge in [0.05, 0.1) is 10.9 Å². The van der Waals surface area contributed by atoms with Gasteiger partial charge in [0.25, 0.3) is 5.91 Å². The number of amides is 1. The first-order chi connectivity index (χ1) is 14.5. The lowest BCUT2D eigenvalue weighted by Gasteiger charge is -2.15. The fourth-order valence-electron chi connectivity index (χ4n) is 2.89. The molecule has 1 amide bonds. The quantitative estimate of drug-likeness (QED) is 0.386. The molecule has 0 aliphatic rings. The molecule has 4 aromatic rings. The van der Waals surface area contributed by atoms with Crippen molar-refractivity contribution < 1.29 is 13.9 Å². The largest absolute Gasteiger partial charge is 0.481 e. The Hall–Kier alpha value is -3.20. The lowest BCUT2D eigenvalue weighted by Crippen LogP contribution is -2.30. The molecule has 3 aromatic carbocycles. The number of para-hydroxylation sites is 1. The maximum atomic E-state index is 12.5. The Morgan fingerprint density at radius 1 is 1.07 bits per heavy atom. The smallest absolute Gasteiger partial charge is 0.347 e. The van der Waals surface area contributed by atoms with Gasteiger partial charge >= 0.3 is 5.63 Å². The molecule has 0 radical (unpaired) electrons. The van der Waals surface area contributed by atoms with Crippen LogP contribution in [0.1, 0.15) is 6.92 Å². The molecule has 0 saturated heterocycles. The molecule has 4 rings (SSSR count). The molecule has 1 heterocycles. The molecule has 7 heteroatoms. The Labute approximate surface area is 186 Å². The maximum Gasteiger partial charge on any atom is 0.347 e. The van der Waals surface area contributed by atoms with Gasteiger partial charge in [-0.2, -0.15) is 0 Å². The average molecular weight is 512 g/mol. The highest BCUT2D eigenvalue weighted by Crippen LogP contribution is 2.22. The van der Waals surface area contributed by atoms with E-state index in [0.717, 1.165) is 3.57 Å². The van der Waals surface area contributed by atoms with E-state index < -0.39 is 11.7 Å². The second-order valence-corrected chi connectivity index (χ2v) is 7.85. The van der Waals surface area contributed by atoms with Gasteiger partial charge in [0.1, 0.15) is 5.75 Å². The zero-order valence-electron chi connectivity index (χ0n) is 16.0. The Morgan fingerprint density at radius 3 is 2.63 bits per heavy atom. The van der Waals surface area contributed by atoms with Gasteiger partial charge in [-0.25, -0.2) is 9.78 Å². The van der Waals surface area contributed by atoms with Crippen molar-refractivity contribution in [2.45, 2.75) is 13.0 Å². The number of nitrogens with zero attached hydrogens (tertiary/aromatic N) is 1. The number of carbonyl (C=O) groups is 1. The van der Waals surface area contributed by atoms with Crippen molar-refractivity contribution in [3.63, 3.8) is 0 Å². The minimum atomic E-state index is -0.689. The SMILES string of the molecule is CC(Oc1ccc(I)cc1)C(=O)Nc1cccc(-c2nc3ccccc3c(=O)o2)c1. The molecule has 1 atom stereocenters. The fraction of sp³-hybridized carbons (Fsp3) is 0.0870. The summed E-state index contributed by atoms with van der Waals surface area (Å²) in [5, 5.41) is 3.25. The Bertz CT molecular complexity index is 1270. The van der Waals surface area contributed by atoms with Crippen molar-refractivity contribution >= 4 is 45.1 Å². The highest BCUT2D eigenvalue weighted by Gasteiger charge is 2.16. The van der Waals surface area contributed by atoms with Gasteiger partial charge < -0.3 is 14.5 Å². The van der Waals surface area contributed by atoms with Crippen molar-refractivity contribution in [2.75, 3.05) is 5.32 Å². The molecule has 0 aliphatic heterocycles. The lowest BCUT2D eigenvalue weighted by molar-refractivity contribution is -0.122. The number of hydrogen-bond donors (Lipinski definition) is 1. The van der Waals surface area contributed by atoms with Gasteiger partial charge in [-0.05, 0) is 84.1 Å². The number of aromatic nitrogens is 1. The molecule has 0 spiro atoms. The topological polar surface area (TPSA) is 81.4 Å². The molecule has 0 aliphatic carbocycles. The third-order valence-electron chi connectivity index (χ3n) is 4.41. The molecular formula is C23H17IN2O4. The van der Waals surface area contributed by atoms with Gasteiger partial charge in [0.15, 0.2) is 6.10 Å². The number of hydrogen-bond acceptors (Lipinski definition) is 5. The average Bonchev–Trinajstić information content (AvgIpc) is 2.75. The Morgan fingerprint density at radius 2 is 1.83 bits per heavy atom. The third-order valence-corrected chi connectivity index (χ3v) is 5.13. The lowest BCUT2D eigenvalue weighted by atomic mass is 10.2. The van der Waals surface area contributed by atoms with Gasteiger partial charge in [0, 0.05) is 14.8 Å². The van der Waals surface area contributed by atoms with E-state index in [9.17, 15) is 9.59 Å². The predicted octanol–water partition coefficient (Wildman–Crippen LogP) is 4.87. The molecule has 0 saturated carbocycles. The summed E-state index contributed by atoms with van der Waals surface area (Å²) in [7, 11) is 0. The van der Waals surface area contributed by atoms with Crippen molar-refractivity contribution in [2.24, 2.45) is 0 Å². The number of rotatable bonds is 5. The highest BCUT2D eigenvalue weighted by molar-refractivity contribution is 14.1. The number of benzene rings is 3. The van der Waals surface area contributed by atoms with E-state index in [4.69, 9.17) is 9.15 Å². The third kappa shape index (κ3) is 4.51. The van der Waals surface area contributed by atoms with E-state index in [1.54, 1.807) is 49.4 Å². The highest BCUT2D eigenvalue weighted by atomic mass is 127. The van der Waals surface area contributed by atoms with Crippen LogP contribution in [-0.4, -0.2) is 17.0 Å².